The minimum Gasteiger partial charge on any atom is -0.326 e. The number of aromatic nitrogens is 3. The molecule has 0 fully saturated rings. The van der Waals surface area contributed by atoms with Gasteiger partial charge in [0.15, 0.2) is 0 Å². The van der Waals surface area contributed by atoms with Crippen LogP contribution in [0.3, 0.4) is 0 Å². The van der Waals surface area contributed by atoms with Crippen LogP contribution in [-0.2, 0) is 17.0 Å². The number of anilines is 1. The Morgan fingerprint density at radius 1 is 1.07 bits per heavy atom. The number of hydrogen-bond acceptors (Lipinski definition) is 6. The zero-order valence-corrected chi connectivity index (χ0v) is 17.1. The largest absolute Gasteiger partial charge is 0.326 e. The highest BCUT2D eigenvalue weighted by atomic mass is 32.2. The lowest BCUT2D eigenvalue weighted by molar-refractivity contribution is -0.115. The summed E-state index contributed by atoms with van der Waals surface area (Å²) in [4.78, 5) is 25.4. The van der Waals surface area contributed by atoms with E-state index in [-0.39, 0.29) is 12.3 Å². The number of benzene rings is 1. The number of nitrogens with one attached hydrogen (secondary N) is 1. The van der Waals surface area contributed by atoms with Crippen molar-refractivity contribution in [2.24, 2.45) is 0 Å². The third-order valence-corrected chi connectivity index (χ3v) is 5.99. The lowest BCUT2D eigenvalue weighted by Crippen LogP contribution is -2.14. The van der Waals surface area contributed by atoms with Crippen molar-refractivity contribution in [3.8, 4) is 10.6 Å². The average Bonchev–Trinajstić information content (AvgIpc) is 3.22. The summed E-state index contributed by atoms with van der Waals surface area (Å²) in [7, 11) is 0. The average molecular weight is 419 g/mol. The minimum absolute atomic E-state index is 0.0810. The molecule has 0 aliphatic rings. The minimum atomic E-state index is -0.0810. The number of hydrogen-bond donors (Lipinski definition) is 1. The van der Waals surface area contributed by atoms with E-state index in [2.05, 4.69) is 20.3 Å². The van der Waals surface area contributed by atoms with Gasteiger partial charge in [-0.05, 0) is 42.0 Å². The number of rotatable bonds is 7. The van der Waals surface area contributed by atoms with Crippen molar-refractivity contribution in [2.45, 2.75) is 17.2 Å². The third-order valence-electron chi connectivity index (χ3n) is 4.04. The molecule has 0 spiro atoms. The second kappa shape index (κ2) is 9.45. The van der Waals surface area contributed by atoms with Gasteiger partial charge < -0.3 is 5.32 Å². The summed E-state index contributed by atoms with van der Waals surface area (Å²) in [6.07, 6.45) is 5.53. The number of thioether (sulfide) groups is 1. The van der Waals surface area contributed by atoms with Crippen LogP contribution >= 0.6 is 23.1 Å². The molecule has 7 heteroatoms. The summed E-state index contributed by atoms with van der Waals surface area (Å²) in [5.41, 5.74) is 3.64. The van der Waals surface area contributed by atoms with Crippen LogP contribution in [0.1, 0.15) is 11.3 Å². The molecule has 1 N–H and O–H groups in total. The second-order valence-electron chi connectivity index (χ2n) is 6.27. The van der Waals surface area contributed by atoms with Gasteiger partial charge in [0.2, 0.25) is 5.91 Å². The molecule has 3 heterocycles. The lowest BCUT2D eigenvalue weighted by atomic mass is 10.2. The molecular weight excluding hydrogens is 400 g/mol. The van der Waals surface area contributed by atoms with Crippen LogP contribution in [0.15, 0.2) is 83.6 Å². The zero-order chi connectivity index (χ0) is 19.9. The normalized spacial score (nSPS) is 10.6. The summed E-state index contributed by atoms with van der Waals surface area (Å²) in [6, 6.07) is 17.6. The van der Waals surface area contributed by atoms with Gasteiger partial charge in [0.05, 0.1) is 17.1 Å². The maximum atomic E-state index is 12.4. The Balaban J connectivity index is 1.34. The van der Waals surface area contributed by atoms with E-state index in [9.17, 15) is 4.79 Å². The van der Waals surface area contributed by atoms with Gasteiger partial charge in [0, 0.05) is 41.0 Å². The molecule has 5 nitrogen and oxygen atoms in total. The van der Waals surface area contributed by atoms with Crippen molar-refractivity contribution in [1.82, 2.24) is 15.0 Å². The standard InChI is InChI=1S/C22H18N4OS2/c27-20(12-19-15-29-22(26-19)17-6-4-9-23-13-17)25-18-7-3-5-16(11-18)14-28-21-8-1-2-10-24-21/h1-11,13,15H,12,14H2,(H,25,27). The Hall–Kier alpha value is -3.03. The summed E-state index contributed by atoms with van der Waals surface area (Å²) in [5.74, 6) is 0.712. The maximum Gasteiger partial charge on any atom is 0.230 e. The highest BCUT2D eigenvalue weighted by Crippen LogP contribution is 2.24. The van der Waals surface area contributed by atoms with Crippen molar-refractivity contribution >= 4 is 34.7 Å². The van der Waals surface area contributed by atoms with Gasteiger partial charge in [0.25, 0.3) is 0 Å². The first-order chi connectivity index (χ1) is 14.3. The molecule has 0 saturated carbocycles. The Morgan fingerprint density at radius 2 is 2.03 bits per heavy atom. The van der Waals surface area contributed by atoms with E-state index in [1.807, 2.05) is 60.0 Å². The van der Waals surface area contributed by atoms with Gasteiger partial charge in [-0.3, -0.25) is 9.78 Å². The van der Waals surface area contributed by atoms with Crippen molar-refractivity contribution in [2.75, 3.05) is 5.32 Å². The first-order valence-corrected chi connectivity index (χ1v) is 10.9. The van der Waals surface area contributed by atoms with Crippen molar-refractivity contribution in [1.29, 1.82) is 0 Å². The molecule has 29 heavy (non-hydrogen) atoms. The van der Waals surface area contributed by atoms with E-state index >= 15 is 0 Å². The van der Waals surface area contributed by atoms with Crippen molar-refractivity contribution < 1.29 is 4.79 Å². The summed E-state index contributed by atoms with van der Waals surface area (Å²) >= 11 is 3.18. The molecule has 144 valence electrons. The van der Waals surface area contributed by atoms with Crippen LogP contribution in [0.2, 0.25) is 0 Å². The van der Waals surface area contributed by atoms with E-state index in [1.165, 1.54) is 11.3 Å². The quantitative estimate of drug-likeness (QED) is 0.424. The van der Waals surface area contributed by atoms with E-state index in [4.69, 9.17) is 0 Å². The molecule has 1 amide bonds. The maximum absolute atomic E-state index is 12.4. The number of pyridine rings is 2. The molecule has 0 atom stereocenters. The summed E-state index contributed by atoms with van der Waals surface area (Å²) in [5, 5.41) is 6.74. The first kappa shape index (κ1) is 19.3. The molecule has 0 aliphatic heterocycles. The second-order valence-corrected chi connectivity index (χ2v) is 8.12. The first-order valence-electron chi connectivity index (χ1n) is 9.04. The van der Waals surface area contributed by atoms with Gasteiger partial charge in [-0.15, -0.1) is 23.1 Å². The smallest absolute Gasteiger partial charge is 0.230 e. The number of amides is 1. The molecule has 0 unspecified atom stereocenters. The molecule has 0 aliphatic carbocycles. The summed E-state index contributed by atoms with van der Waals surface area (Å²) in [6.45, 7) is 0. The highest BCUT2D eigenvalue weighted by Gasteiger charge is 2.10. The molecule has 3 aromatic heterocycles. The van der Waals surface area contributed by atoms with Crippen LogP contribution in [-0.4, -0.2) is 20.9 Å². The predicted molar refractivity (Wildman–Crippen MR) is 118 cm³/mol. The monoisotopic (exact) mass is 418 g/mol. The van der Waals surface area contributed by atoms with Crippen LogP contribution in [0, 0.1) is 0 Å². The van der Waals surface area contributed by atoms with E-state index in [1.54, 1.807) is 30.4 Å². The van der Waals surface area contributed by atoms with Gasteiger partial charge in [0.1, 0.15) is 5.01 Å². The molecule has 0 radical (unpaired) electrons. The van der Waals surface area contributed by atoms with E-state index in [0.717, 1.165) is 38.3 Å². The molecular formula is C22H18N4OS2. The highest BCUT2D eigenvalue weighted by molar-refractivity contribution is 7.98. The SMILES string of the molecule is O=C(Cc1csc(-c2cccnc2)n1)Nc1cccc(CSc2ccccn2)c1. The van der Waals surface area contributed by atoms with Crippen LogP contribution in [0.25, 0.3) is 10.6 Å². The van der Waals surface area contributed by atoms with E-state index in [0.29, 0.717) is 0 Å². The molecule has 4 aromatic rings. The van der Waals surface area contributed by atoms with Crippen LogP contribution in [0.4, 0.5) is 5.69 Å². The molecule has 4 rings (SSSR count). The molecule has 1 aromatic carbocycles. The Bertz CT molecular complexity index is 1080. The fourth-order valence-corrected chi connectivity index (χ4v) is 4.32. The Labute approximate surface area is 177 Å². The van der Waals surface area contributed by atoms with E-state index < -0.39 is 0 Å². The molecule has 0 bridgehead atoms. The Morgan fingerprint density at radius 3 is 2.86 bits per heavy atom. The number of nitrogens with zero attached hydrogens (tertiary/aromatic N) is 3. The van der Waals surface area contributed by atoms with Crippen molar-refractivity contribution in [3.05, 3.63) is 89.8 Å². The zero-order valence-electron chi connectivity index (χ0n) is 15.5. The lowest BCUT2D eigenvalue weighted by Gasteiger charge is -2.07. The summed E-state index contributed by atoms with van der Waals surface area (Å²) < 4.78 is 0. The van der Waals surface area contributed by atoms with Crippen LogP contribution < -0.4 is 5.32 Å². The third kappa shape index (κ3) is 5.49. The van der Waals surface area contributed by atoms with Crippen molar-refractivity contribution in [3.63, 3.8) is 0 Å². The fraction of sp³-hybridized carbons (Fsp3) is 0.0909. The predicted octanol–water partition coefficient (Wildman–Crippen LogP) is 5.07. The van der Waals surface area contributed by atoms with Gasteiger partial charge >= 0.3 is 0 Å². The van der Waals surface area contributed by atoms with Gasteiger partial charge in [-0.2, -0.15) is 0 Å². The van der Waals surface area contributed by atoms with Crippen LogP contribution in [0.5, 0.6) is 0 Å². The molecule has 0 saturated heterocycles. The number of thiazole rings is 1. The Kier molecular flexibility index (Phi) is 6.29. The topological polar surface area (TPSA) is 67.8 Å². The fourth-order valence-electron chi connectivity index (χ4n) is 2.71. The number of carbonyl (C=O) groups excluding carboxylic acids is 1. The number of carbonyl (C=O) groups is 1. The van der Waals surface area contributed by atoms with Gasteiger partial charge in [-0.25, -0.2) is 9.97 Å². The van der Waals surface area contributed by atoms with Gasteiger partial charge in [-0.1, -0.05) is 18.2 Å².